The molecule has 0 radical (unpaired) electrons. The van der Waals surface area contributed by atoms with Gasteiger partial charge >= 0.3 is 0 Å². The first-order chi connectivity index (χ1) is 52.5. The van der Waals surface area contributed by atoms with Crippen LogP contribution in [-0.2, 0) is 0 Å². The van der Waals surface area contributed by atoms with Crippen molar-refractivity contribution in [1.82, 2.24) is 0 Å². The lowest BCUT2D eigenvalue weighted by atomic mass is 10.1. The predicted octanol–water partition coefficient (Wildman–Crippen LogP) is 31.0. The van der Waals surface area contributed by atoms with E-state index in [1.165, 1.54) is 157 Å². The Morgan fingerprint density at radius 1 is 0.271 bits per heavy atom. The maximum absolute atomic E-state index is 10.1. The van der Waals surface area contributed by atoms with Gasteiger partial charge in [0, 0.05) is 143 Å². The third kappa shape index (κ3) is 14.6. The minimum atomic E-state index is -0.0805. The van der Waals surface area contributed by atoms with Gasteiger partial charge in [-0.3, -0.25) is 0 Å². The zero-order valence-corrected chi connectivity index (χ0v) is 66.1. The number of aromatic hydroxyl groups is 1. The van der Waals surface area contributed by atoms with Gasteiger partial charge in [0.05, 0.1) is 13.7 Å². The molecule has 0 spiro atoms. The van der Waals surface area contributed by atoms with Crippen molar-refractivity contribution in [3.8, 4) is 41.7 Å². The van der Waals surface area contributed by atoms with Crippen molar-refractivity contribution < 1.29 is 14.6 Å². The van der Waals surface area contributed by atoms with Crippen molar-refractivity contribution in [2.75, 3.05) is 13.7 Å². The Kier molecular flexibility index (Phi) is 21.9. The van der Waals surface area contributed by atoms with Gasteiger partial charge in [-0.2, -0.15) is 0 Å². The molecule has 0 saturated carbocycles. The van der Waals surface area contributed by atoms with Crippen molar-refractivity contribution in [3.05, 3.63) is 360 Å². The first-order valence-electron chi connectivity index (χ1n) is 37.0. The third-order valence-electron chi connectivity index (χ3n) is 20.0. The summed E-state index contributed by atoms with van der Waals surface area (Å²) in [5, 5.41) is 24.7. The van der Waals surface area contributed by atoms with Crippen LogP contribution in [0.2, 0.25) is 0 Å². The topological polar surface area (TPSA) is 38.7 Å². The molecule has 19 aromatic rings. The molecule has 1 N–H and O–H groups in total. The van der Waals surface area contributed by atoms with Gasteiger partial charge in [-0.05, 0) is 215 Å². The van der Waals surface area contributed by atoms with Gasteiger partial charge in [-0.25, -0.2) is 0 Å². The van der Waals surface area contributed by atoms with Crippen molar-refractivity contribution in [3.63, 3.8) is 0 Å². The Labute approximate surface area is 642 Å². The quantitative estimate of drug-likeness (QED) is 0.0979. The number of fused-ring (bicyclic) bond motifs is 13. The molecule has 0 saturated heterocycles. The summed E-state index contributed by atoms with van der Waals surface area (Å²) in [5.74, 6) is 2.48. The van der Waals surface area contributed by atoms with Crippen LogP contribution in [0.1, 0.15) is 66.0 Å². The molecule has 0 aliphatic rings. The van der Waals surface area contributed by atoms with Gasteiger partial charge in [-0.15, -0.1) is 0 Å². The second-order valence-corrected chi connectivity index (χ2v) is 37.0. The Hall–Kier alpha value is -10.7. The molecule has 0 amide bonds. The molecule has 107 heavy (non-hydrogen) atoms. The van der Waals surface area contributed by atoms with Crippen LogP contribution in [0.4, 0.5) is 0 Å². The SMILES string of the molecule is CCCCCCOc1c(C)cc(-[s+]2c3ccccc3c3ccccc32)cc1C.COc1c(C)cc(-[s+]2c3ccccc3c3ccccc32)cc1C.Cc1cc(-[s+]2c3ccccc3c3ccccc32)cc(C)c1O.c1ccc(-[s+]2c3ccccc3c3ccccc32)cc1.c1ccc(-[s+]2ccc3ccccc32)cc1. The molecular formula is C99H89O3S5+5. The maximum Gasteiger partial charge on any atom is 0.187 e. The Morgan fingerprint density at radius 2 is 0.551 bits per heavy atom. The summed E-state index contributed by atoms with van der Waals surface area (Å²) < 4.78 is 24.6. The molecule has 0 aliphatic heterocycles. The fourth-order valence-electron chi connectivity index (χ4n) is 15.1. The maximum atomic E-state index is 10.1. The number of thiophene rings is 5. The molecule has 1 atom stereocenters. The van der Waals surface area contributed by atoms with Crippen molar-refractivity contribution >= 4 is 143 Å². The largest absolute Gasteiger partial charge is 0.507 e. The summed E-state index contributed by atoms with van der Waals surface area (Å²) in [4.78, 5) is 6.85. The lowest BCUT2D eigenvalue weighted by molar-refractivity contribution is 0.301. The molecule has 1 unspecified atom stereocenters. The number of methoxy groups -OCH3 is 1. The highest BCUT2D eigenvalue weighted by Gasteiger charge is 2.29. The van der Waals surface area contributed by atoms with Crippen LogP contribution in [-0.4, -0.2) is 18.8 Å². The highest BCUT2D eigenvalue weighted by atomic mass is 32.2. The fourth-order valence-corrected chi connectivity index (χ4v) is 27.1. The van der Waals surface area contributed by atoms with Crippen molar-refractivity contribution in [1.29, 1.82) is 0 Å². The van der Waals surface area contributed by atoms with E-state index in [-0.39, 0.29) is 52.3 Å². The standard InChI is InChI=1S/C26H29OS.C21H19OS.C20H16OS.C18H13S.C14H11S/c1-4-5-6-11-16-27-26-19(2)17-21(18-20(26)3)28-24-14-9-7-12-22(24)23-13-8-10-15-25(23)28;1-14-12-16(13-15(2)21(14)22-3)23-19-10-6-4-8-17(19)18-9-5-7-11-20(18)23;1-13-11-15(12-14(2)20(13)21)22-18-9-5-3-7-16(18)17-8-4-6-10-19(17)22;1-2-8-14(9-3-1)19-17-12-6-4-10-15(17)16-11-5-7-13-18(16)19;1-2-7-13(8-3-1)15-11-10-12-6-4-5-9-14(12)15/h7-10,12-15,17-18H,4-6,11,16H2,1-3H3;4-13H,1-3H3;3-12H,1-2H3;1-13H;1-11H/q2*+1;;2*+1/p+1. The fraction of sp³-hybridized carbons (Fsp3) is 0.131. The van der Waals surface area contributed by atoms with Crippen molar-refractivity contribution in [2.24, 2.45) is 0 Å². The van der Waals surface area contributed by atoms with Crippen LogP contribution in [0.5, 0.6) is 17.2 Å². The van der Waals surface area contributed by atoms with Gasteiger partial charge < -0.3 is 14.6 Å². The lowest BCUT2D eigenvalue weighted by Gasteiger charge is -2.12. The Morgan fingerprint density at radius 3 is 0.888 bits per heavy atom. The molecule has 8 heteroatoms. The van der Waals surface area contributed by atoms with Gasteiger partial charge in [-0.1, -0.05) is 172 Å². The molecule has 3 nitrogen and oxygen atoms in total. The summed E-state index contributed by atoms with van der Waals surface area (Å²) in [7, 11) is 1.82. The van der Waals surface area contributed by atoms with E-state index in [4.69, 9.17) is 9.47 Å². The van der Waals surface area contributed by atoms with E-state index in [2.05, 4.69) is 362 Å². The molecule has 14 aromatic carbocycles. The average molecular weight is 1490 g/mol. The normalized spacial score (nSPS) is 11.4. The van der Waals surface area contributed by atoms with E-state index in [0.717, 1.165) is 35.7 Å². The predicted molar refractivity (Wildman–Crippen MR) is 475 cm³/mol. The molecule has 5 heterocycles. The molecule has 0 bridgehead atoms. The number of unbranched alkanes of at least 4 members (excludes halogenated alkanes) is 3. The zero-order chi connectivity index (χ0) is 73.5. The number of ether oxygens (including phenoxy) is 2. The number of benzene rings is 14. The second-order valence-electron chi connectivity index (χ2n) is 27.3. The van der Waals surface area contributed by atoms with E-state index in [1.807, 2.05) is 13.8 Å². The smallest absolute Gasteiger partial charge is 0.187 e. The number of phenolic OH excluding ortho intramolecular Hbond substituents is 1. The number of rotatable bonds is 12. The molecule has 5 aromatic heterocycles. The highest BCUT2D eigenvalue weighted by molar-refractivity contribution is 7.52. The van der Waals surface area contributed by atoms with E-state index < -0.39 is 0 Å². The Bertz CT molecular complexity index is 6080. The van der Waals surface area contributed by atoms with Crippen molar-refractivity contribution in [2.45, 2.75) is 74.1 Å². The van der Waals surface area contributed by atoms with Gasteiger partial charge in [0.2, 0.25) is 0 Å². The van der Waals surface area contributed by atoms with E-state index in [1.54, 1.807) is 7.11 Å². The van der Waals surface area contributed by atoms with Crippen LogP contribution >= 0.6 is 52.3 Å². The van der Waals surface area contributed by atoms with E-state index >= 15 is 0 Å². The number of aryl methyl sites for hydroxylation is 6. The number of phenols is 1. The molecule has 19 rings (SSSR count). The molecule has 528 valence electrons. The molecule has 0 fully saturated rings. The monoisotopic (exact) mass is 1490 g/mol. The summed E-state index contributed by atoms with van der Waals surface area (Å²) in [6.07, 6.45) is 4.95. The second kappa shape index (κ2) is 32.6. The third-order valence-corrected chi connectivity index (χ3v) is 31.3. The average Bonchev–Trinajstić information content (AvgIpc) is 1.61. The first kappa shape index (κ1) is 71.9. The summed E-state index contributed by atoms with van der Waals surface area (Å²) in [5.41, 5.74) is 6.81. The zero-order valence-electron chi connectivity index (χ0n) is 62.0. The summed E-state index contributed by atoms with van der Waals surface area (Å²) in [6.45, 7) is 15.7. The van der Waals surface area contributed by atoms with Crippen LogP contribution < -0.4 is 9.47 Å². The van der Waals surface area contributed by atoms with E-state index in [0.29, 0.717) is 5.75 Å². The number of hydrogen-bond acceptors (Lipinski definition) is 3. The van der Waals surface area contributed by atoms with Gasteiger partial charge in [0.25, 0.3) is 0 Å². The minimum absolute atomic E-state index is 0.0269. The van der Waals surface area contributed by atoms with Crippen LogP contribution in [0.15, 0.2) is 327 Å². The van der Waals surface area contributed by atoms with Crippen LogP contribution in [0.25, 0.3) is 115 Å². The molecule has 0 aliphatic carbocycles. The Balaban J connectivity index is 0.000000108. The van der Waals surface area contributed by atoms with Crippen LogP contribution in [0, 0.1) is 41.5 Å². The van der Waals surface area contributed by atoms with E-state index in [9.17, 15) is 5.11 Å². The number of hydrogen-bond donors (Lipinski definition) is 1. The molecular weight excluding hydrogens is 1400 g/mol. The summed E-state index contributed by atoms with van der Waals surface area (Å²) >= 11 is 0. The minimum Gasteiger partial charge on any atom is -0.507 e. The van der Waals surface area contributed by atoms with Gasteiger partial charge in [0.15, 0.2) is 66.8 Å². The summed E-state index contributed by atoms with van der Waals surface area (Å²) in [6, 6.07) is 116. The van der Waals surface area contributed by atoms with Gasteiger partial charge in [0.1, 0.15) is 22.6 Å². The lowest BCUT2D eigenvalue weighted by Crippen LogP contribution is -2.00. The first-order valence-corrected chi connectivity index (χ1v) is 43.2. The highest BCUT2D eigenvalue weighted by Crippen LogP contribution is 2.54. The van der Waals surface area contributed by atoms with Crippen LogP contribution in [0.3, 0.4) is 0 Å².